The molecule has 19 heavy (non-hydrogen) atoms. The minimum absolute atomic E-state index is 0.000880. The molecule has 0 amide bonds. The van der Waals surface area contributed by atoms with Crippen LogP contribution >= 0.6 is 0 Å². The summed E-state index contributed by atoms with van der Waals surface area (Å²) < 4.78 is 5.16. The zero-order valence-electron chi connectivity index (χ0n) is 11.0. The van der Waals surface area contributed by atoms with Gasteiger partial charge in [-0.2, -0.15) is 0 Å². The average molecular weight is 260 g/mol. The minimum Gasteiger partial charge on any atom is -0.353 e. The van der Waals surface area contributed by atoms with Gasteiger partial charge >= 0.3 is 5.69 Å². The van der Waals surface area contributed by atoms with Crippen molar-refractivity contribution in [3.8, 4) is 11.3 Å². The molecule has 0 saturated heterocycles. The predicted octanol–water partition coefficient (Wildman–Crippen LogP) is 3.90. The maximum atomic E-state index is 11.2. The van der Waals surface area contributed by atoms with Gasteiger partial charge in [0.2, 0.25) is 5.76 Å². The minimum atomic E-state index is -0.404. The third kappa shape index (κ3) is 2.81. The smallest absolute Gasteiger partial charge is 0.339 e. The van der Waals surface area contributed by atoms with Crippen LogP contribution in [0.25, 0.3) is 11.3 Å². The summed E-state index contributed by atoms with van der Waals surface area (Å²) in [7, 11) is 0. The normalized spacial score (nSPS) is 10.6. The second-order valence-electron chi connectivity index (χ2n) is 4.53. The van der Waals surface area contributed by atoms with Crippen LogP contribution in [-0.4, -0.2) is 10.1 Å². The van der Waals surface area contributed by atoms with E-state index in [1.54, 1.807) is 6.07 Å². The van der Waals surface area contributed by atoms with Crippen LogP contribution in [0.1, 0.15) is 31.1 Å². The predicted molar refractivity (Wildman–Crippen MR) is 71.9 cm³/mol. The Morgan fingerprint density at radius 3 is 2.84 bits per heavy atom. The van der Waals surface area contributed by atoms with Gasteiger partial charge in [0.1, 0.15) is 0 Å². The van der Waals surface area contributed by atoms with Crippen molar-refractivity contribution in [3.05, 3.63) is 45.7 Å². The molecule has 100 valence electrons. The lowest BCUT2D eigenvalue weighted by Crippen LogP contribution is -1.94. The first-order valence-electron chi connectivity index (χ1n) is 6.33. The summed E-state index contributed by atoms with van der Waals surface area (Å²) in [5, 5.41) is 15.1. The first-order valence-corrected chi connectivity index (χ1v) is 6.33. The Morgan fingerprint density at radius 2 is 2.21 bits per heavy atom. The number of aryl methyl sites for hydroxylation is 2. The highest BCUT2D eigenvalue weighted by Gasteiger charge is 2.27. The molecule has 0 aliphatic carbocycles. The van der Waals surface area contributed by atoms with E-state index in [9.17, 15) is 10.1 Å². The summed E-state index contributed by atoms with van der Waals surface area (Å²) in [6.07, 6.45) is 2.35. The maximum Gasteiger partial charge on any atom is 0.339 e. The highest BCUT2D eigenvalue weighted by molar-refractivity contribution is 5.70. The van der Waals surface area contributed by atoms with Gasteiger partial charge in [0, 0.05) is 12.0 Å². The number of unbranched alkanes of at least 4 members (excludes halogenated alkanes) is 1. The molecule has 0 bridgehead atoms. The van der Waals surface area contributed by atoms with Crippen molar-refractivity contribution in [2.75, 3.05) is 0 Å². The van der Waals surface area contributed by atoms with Crippen LogP contribution in [0.3, 0.4) is 0 Å². The fraction of sp³-hybridized carbons (Fsp3) is 0.357. The molecule has 0 saturated carbocycles. The summed E-state index contributed by atoms with van der Waals surface area (Å²) in [5.74, 6) is 0.364. The Labute approximate surface area is 111 Å². The Hall–Kier alpha value is -2.17. The lowest BCUT2D eigenvalue weighted by molar-refractivity contribution is -0.385. The van der Waals surface area contributed by atoms with Crippen molar-refractivity contribution in [2.24, 2.45) is 0 Å². The molecule has 0 atom stereocenters. The van der Waals surface area contributed by atoms with Crippen LogP contribution in [0.15, 0.2) is 28.8 Å². The molecule has 0 N–H and O–H groups in total. The van der Waals surface area contributed by atoms with Crippen LogP contribution in [0, 0.1) is 17.0 Å². The number of hydrogen-bond donors (Lipinski definition) is 0. The molecule has 1 heterocycles. The van der Waals surface area contributed by atoms with Crippen molar-refractivity contribution in [1.29, 1.82) is 0 Å². The topological polar surface area (TPSA) is 69.2 Å². The van der Waals surface area contributed by atoms with Gasteiger partial charge in [0.05, 0.1) is 4.92 Å². The second-order valence-corrected chi connectivity index (χ2v) is 4.53. The molecular formula is C14H16N2O3. The van der Waals surface area contributed by atoms with Gasteiger partial charge in [-0.15, -0.1) is 0 Å². The first-order chi connectivity index (χ1) is 9.13. The Balaban J connectivity index is 2.46. The molecule has 2 aromatic rings. The lowest BCUT2D eigenvalue weighted by atomic mass is 10.1. The van der Waals surface area contributed by atoms with E-state index in [0.717, 1.165) is 24.0 Å². The molecule has 0 fully saturated rings. The van der Waals surface area contributed by atoms with Crippen LogP contribution in [0.4, 0.5) is 5.69 Å². The summed E-state index contributed by atoms with van der Waals surface area (Å²) in [6.45, 7) is 3.97. The highest BCUT2D eigenvalue weighted by Crippen LogP contribution is 2.33. The Kier molecular flexibility index (Phi) is 3.94. The lowest BCUT2D eigenvalue weighted by Gasteiger charge is -1.98. The average Bonchev–Trinajstić information content (AvgIpc) is 2.80. The van der Waals surface area contributed by atoms with Crippen molar-refractivity contribution in [1.82, 2.24) is 5.16 Å². The number of nitro groups is 1. The summed E-state index contributed by atoms with van der Waals surface area (Å²) >= 11 is 0. The van der Waals surface area contributed by atoms with Crippen LogP contribution in [-0.2, 0) is 6.42 Å². The van der Waals surface area contributed by atoms with E-state index in [1.165, 1.54) is 0 Å². The highest BCUT2D eigenvalue weighted by atomic mass is 16.6. The summed E-state index contributed by atoms with van der Waals surface area (Å²) in [4.78, 5) is 10.8. The molecule has 1 aromatic carbocycles. The van der Waals surface area contributed by atoms with Crippen LogP contribution in [0.2, 0.25) is 0 Å². The van der Waals surface area contributed by atoms with Crippen molar-refractivity contribution in [3.63, 3.8) is 0 Å². The molecule has 0 unspecified atom stereocenters. The molecule has 0 aliphatic heterocycles. The fourth-order valence-corrected chi connectivity index (χ4v) is 1.99. The summed E-state index contributed by atoms with van der Waals surface area (Å²) in [6, 6.07) is 7.47. The zero-order chi connectivity index (χ0) is 13.8. The van der Waals surface area contributed by atoms with E-state index in [2.05, 4.69) is 5.16 Å². The fourth-order valence-electron chi connectivity index (χ4n) is 1.99. The third-order valence-electron chi connectivity index (χ3n) is 2.97. The van der Waals surface area contributed by atoms with Crippen molar-refractivity contribution in [2.45, 2.75) is 33.1 Å². The van der Waals surface area contributed by atoms with E-state index < -0.39 is 4.92 Å². The van der Waals surface area contributed by atoms with Crippen molar-refractivity contribution >= 4 is 5.69 Å². The third-order valence-corrected chi connectivity index (χ3v) is 2.97. The van der Waals surface area contributed by atoms with Gasteiger partial charge in [0.15, 0.2) is 5.69 Å². The van der Waals surface area contributed by atoms with Gasteiger partial charge in [-0.1, -0.05) is 42.3 Å². The van der Waals surface area contributed by atoms with Crippen LogP contribution < -0.4 is 0 Å². The van der Waals surface area contributed by atoms with Gasteiger partial charge in [-0.05, 0) is 19.4 Å². The van der Waals surface area contributed by atoms with E-state index in [1.807, 2.05) is 32.0 Å². The molecule has 0 spiro atoms. The molecule has 0 radical (unpaired) electrons. The number of hydrogen-bond acceptors (Lipinski definition) is 4. The monoisotopic (exact) mass is 260 g/mol. The number of aromatic nitrogens is 1. The van der Waals surface area contributed by atoms with Gasteiger partial charge < -0.3 is 4.52 Å². The molecule has 5 heteroatoms. The second kappa shape index (κ2) is 5.65. The van der Waals surface area contributed by atoms with Gasteiger partial charge in [-0.25, -0.2) is 0 Å². The standard InChI is InChI=1S/C14H16N2O3/c1-3-4-8-12-14(16(17)18)13(15-19-12)11-7-5-6-10(2)9-11/h5-7,9H,3-4,8H2,1-2H3. The van der Waals surface area contributed by atoms with E-state index in [0.29, 0.717) is 17.9 Å². The molecule has 2 rings (SSSR count). The summed E-state index contributed by atoms with van der Waals surface area (Å²) in [5.41, 5.74) is 2.07. The zero-order valence-corrected chi connectivity index (χ0v) is 11.0. The first kappa shape index (κ1) is 13.3. The van der Waals surface area contributed by atoms with Crippen LogP contribution in [0.5, 0.6) is 0 Å². The van der Waals surface area contributed by atoms with E-state index >= 15 is 0 Å². The van der Waals surface area contributed by atoms with Gasteiger partial charge in [0.25, 0.3) is 0 Å². The SMILES string of the molecule is CCCCc1onc(-c2cccc(C)c2)c1[N+](=O)[O-]. The largest absolute Gasteiger partial charge is 0.353 e. The molecule has 5 nitrogen and oxygen atoms in total. The number of benzene rings is 1. The number of nitrogens with zero attached hydrogens (tertiary/aromatic N) is 2. The Morgan fingerprint density at radius 1 is 1.42 bits per heavy atom. The van der Waals surface area contributed by atoms with E-state index in [-0.39, 0.29) is 5.69 Å². The number of rotatable bonds is 5. The Bertz CT molecular complexity index is 590. The maximum absolute atomic E-state index is 11.2. The van der Waals surface area contributed by atoms with E-state index in [4.69, 9.17) is 4.52 Å². The molecular weight excluding hydrogens is 244 g/mol. The molecule has 1 aromatic heterocycles. The molecule has 0 aliphatic rings. The van der Waals surface area contributed by atoms with Gasteiger partial charge in [-0.3, -0.25) is 10.1 Å². The quantitative estimate of drug-likeness (QED) is 0.603. The van der Waals surface area contributed by atoms with Crippen molar-refractivity contribution < 1.29 is 9.45 Å².